The molecule has 0 saturated heterocycles. The van der Waals surface area contributed by atoms with E-state index in [9.17, 15) is 19.8 Å². The van der Waals surface area contributed by atoms with Crippen molar-refractivity contribution in [2.24, 2.45) is 7.05 Å². The normalized spacial score (nSPS) is 12.2. The average molecular weight is 336 g/mol. The maximum absolute atomic E-state index is 12.0. The summed E-state index contributed by atoms with van der Waals surface area (Å²) in [5, 5.41) is 23.5. The minimum atomic E-state index is -0.753. The Morgan fingerprint density at radius 2 is 2.21 bits per heavy atom. The van der Waals surface area contributed by atoms with E-state index in [0.29, 0.717) is 5.56 Å². The van der Waals surface area contributed by atoms with Gasteiger partial charge in [-0.2, -0.15) is 5.10 Å². The maximum atomic E-state index is 12.0. The summed E-state index contributed by atoms with van der Waals surface area (Å²) in [5.41, 5.74) is 0.690. The molecule has 2 rings (SSSR count). The highest BCUT2D eigenvalue weighted by Crippen LogP contribution is 2.34. The van der Waals surface area contributed by atoms with Crippen LogP contribution in [0.15, 0.2) is 21.5 Å². The zero-order valence-electron chi connectivity index (χ0n) is 13.8. The molecule has 0 fully saturated rings. The Morgan fingerprint density at radius 3 is 2.75 bits per heavy atom. The standard InChI is InChI=1S/C16H20N2O6/c1-4-23-14(21)6-11(12-7-17-18(3)9(12)2)16-15(22)13(20)5-10(8-19)24-16/h5,7,11,19,22H,4,6,8H2,1-3H3/t11-/m0/s1. The molecule has 8 heteroatoms. The van der Waals surface area contributed by atoms with Crippen LogP contribution in [-0.4, -0.2) is 32.6 Å². The third kappa shape index (κ3) is 3.48. The number of ether oxygens (including phenoxy) is 1. The number of aliphatic hydroxyl groups is 1. The molecule has 1 atom stereocenters. The molecule has 8 nitrogen and oxygen atoms in total. The van der Waals surface area contributed by atoms with Crippen molar-refractivity contribution in [2.75, 3.05) is 6.61 Å². The lowest BCUT2D eigenvalue weighted by molar-refractivity contribution is -0.143. The molecule has 0 amide bonds. The highest BCUT2D eigenvalue weighted by atomic mass is 16.5. The summed E-state index contributed by atoms with van der Waals surface area (Å²) in [5.74, 6) is -1.93. The van der Waals surface area contributed by atoms with E-state index >= 15 is 0 Å². The molecule has 0 saturated carbocycles. The predicted molar refractivity (Wildman–Crippen MR) is 83.6 cm³/mol. The summed E-state index contributed by atoms with van der Waals surface area (Å²) in [4.78, 5) is 23.9. The van der Waals surface area contributed by atoms with Crippen LogP contribution in [0, 0.1) is 6.92 Å². The van der Waals surface area contributed by atoms with Gasteiger partial charge in [0.05, 0.1) is 25.1 Å². The van der Waals surface area contributed by atoms with Crippen LogP contribution in [0.3, 0.4) is 0 Å². The van der Waals surface area contributed by atoms with Crippen LogP contribution in [0.5, 0.6) is 5.75 Å². The van der Waals surface area contributed by atoms with Gasteiger partial charge >= 0.3 is 5.97 Å². The lowest BCUT2D eigenvalue weighted by Crippen LogP contribution is -2.15. The number of nitrogens with zero attached hydrogens (tertiary/aromatic N) is 2. The smallest absolute Gasteiger partial charge is 0.306 e. The summed E-state index contributed by atoms with van der Waals surface area (Å²) >= 11 is 0. The van der Waals surface area contributed by atoms with Gasteiger partial charge in [-0.3, -0.25) is 14.3 Å². The number of aryl methyl sites for hydroxylation is 1. The molecule has 0 aromatic carbocycles. The van der Waals surface area contributed by atoms with Gasteiger partial charge < -0.3 is 19.4 Å². The van der Waals surface area contributed by atoms with Gasteiger partial charge in [-0.05, 0) is 13.8 Å². The van der Waals surface area contributed by atoms with Crippen molar-refractivity contribution in [1.29, 1.82) is 0 Å². The largest absolute Gasteiger partial charge is 0.502 e. The Kier molecular flexibility index (Phi) is 5.40. The van der Waals surface area contributed by atoms with Gasteiger partial charge in [0.15, 0.2) is 5.76 Å². The summed E-state index contributed by atoms with van der Waals surface area (Å²) in [6.45, 7) is 3.20. The van der Waals surface area contributed by atoms with E-state index in [-0.39, 0.29) is 24.5 Å². The number of esters is 1. The van der Waals surface area contributed by atoms with Gasteiger partial charge in [0.2, 0.25) is 11.2 Å². The summed E-state index contributed by atoms with van der Waals surface area (Å²) in [7, 11) is 1.74. The molecule has 0 aliphatic heterocycles. The molecule has 2 aromatic rings. The predicted octanol–water partition coefficient (Wildman–Crippen LogP) is 0.965. The maximum Gasteiger partial charge on any atom is 0.306 e. The Morgan fingerprint density at radius 1 is 1.50 bits per heavy atom. The first-order valence-corrected chi connectivity index (χ1v) is 7.49. The monoisotopic (exact) mass is 336 g/mol. The number of carbonyl (C=O) groups excluding carboxylic acids is 1. The zero-order valence-corrected chi connectivity index (χ0v) is 13.8. The molecular formula is C16H20N2O6. The number of hydrogen-bond donors (Lipinski definition) is 2. The average Bonchev–Trinajstić information content (AvgIpc) is 2.87. The quantitative estimate of drug-likeness (QED) is 0.755. The number of aromatic nitrogens is 2. The third-order valence-corrected chi connectivity index (χ3v) is 3.80. The van der Waals surface area contributed by atoms with Crippen molar-refractivity contribution in [2.45, 2.75) is 32.8 Å². The number of rotatable bonds is 6. The first-order valence-electron chi connectivity index (χ1n) is 7.49. The lowest BCUT2D eigenvalue weighted by atomic mass is 9.92. The van der Waals surface area contributed by atoms with Crippen molar-refractivity contribution in [1.82, 2.24) is 9.78 Å². The van der Waals surface area contributed by atoms with Crippen LogP contribution >= 0.6 is 0 Å². The van der Waals surface area contributed by atoms with Crippen LogP contribution in [-0.2, 0) is 23.2 Å². The molecule has 0 radical (unpaired) electrons. The first kappa shape index (κ1) is 17.7. The van der Waals surface area contributed by atoms with E-state index in [1.807, 2.05) is 0 Å². The van der Waals surface area contributed by atoms with Gasteiger partial charge in [-0.25, -0.2) is 0 Å². The molecule has 24 heavy (non-hydrogen) atoms. The van der Waals surface area contributed by atoms with Crippen LogP contribution in [0.25, 0.3) is 0 Å². The van der Waals surface area contributed by atoms with E-state index in [1.54, 1.807) is 31.8 Å². The molecule has 0 bridgehead atoms. The highest BCUT2D eigenvalue weighted by molar-refractivity contribution is 5.71. The zero-order chi connectivity index (χ0) is 17.9. The highest BCUT2D eigenvalue weighted by Gasteiger charge is 2.29. The van der Waals surface area contributed by atoms with E-state index in [2.05, 4.69) is 5.10 Å². The Hall–Kier alpha value is -2.61. The topological polar surface area (TPSA) is 115 Å². The van der Waals surface area contributed by atoms with Crippen molar-refractivity contribution < 1.29 is 24.2 Å². The second-order valence-corrected chi connectivity index (χ2v) is 5.32. The van der Waals surface area contributed by atoms with Gasteiger partial charge in [0.25, 0.3) is 0 Å². The summed E-state index contributed by atoms with van der Waals surface area (Å²) < 4.78 is 12.0. The van der Waals surface area contributed by atoms with Crippen LogP contribution in [0.1, 0.15) is 42.0 Å². The Labute approximate surface area is 138 Å². The fraction of sp³-hybridized carbons (Fsp3) is 0.438. The number of hydrogen-bond acceptors (Lipinski definition) is 7. The van der Waals surface area contributed by atoms with E-state index in [0.717, 1.165) is 11.8 Å². The number of aliphatic hydroxyl groups excluding tert-OH is 1. The lowest BCUT2D eigenvalue weighted by Gasteiger charge is -2.17. The van der Waals surface area contributed by atoms with E-state index in [1.165, 1.54) is 0 Å². The van der Waals surface area contributed by atoms with Crippen molar-refractivity contribution in [3.63, 3.8) is 0 Å². The number of aromatic hydroxyl groups is 1. The Bertz CT molecular complexity index is 792. The molecule has 2 aromatic heterocycles. The van der Waals surface area contributed by atoms with Crippen LogP contribution < -0.4 is 5.43 Å². The van der Waals surface area contributed by atoms with Gasteiger partial charge in [-0.15, -0.1) is 0 Å². The molecular weight excluding hydrogens is 316 g/mol. The third-order valence-electron chi connectivity index (χ3n) is 3.80. The van der Waals surface area contributed by atoms with Crippen LogP contribution in [0.4, 0.5) is 0 Å². The minimum Gasteiger partial charge on any atom is -0.502 e. The molecule has 2 heterocycles. The fourth-order valence-electron chi connectivity index (χ4n) is 2.46. The minimum absolute atomic E-state index is 0.00297. The first-order chi connectivity index (χ1) is 11.4. The molecule has 0 aliphatic carbocycles. The summed E-state index contributed by atoms with van der Waals surface area (Å²) in [6.07, 6.45) is 1.41. The second-order valence-electron chi connectivity index (χ2n) is 5.32. The summed E-state index contributed by atoms with van der Waals surface area (Å²) in [6, 6.07) is 1.01. The molecule has 0 unspecified atom stereocenters. The molecule has 0 spiro atoms. The van der Waals surface area contributed by atoms with Gasteiger partial charge in [-0.1, -0.05) is 0 Å². The van der Waals surface area contributed by atoms with Crippen molar-refractivity contribution in [3.8, 4) is 5.75 Å². The van der Waals surface area contributed by atoms with Gasteiger partial charge in [0, 0.05) is 24.4 Å². The molecule has 2 N–H and O–H groups in total. The molecule has 130 valence electrons. The van der Waals surface area contributed by atoms with E-state index in [4.69, 9.17) is 9.15 Å². The number of carbonyl (C=O) groups is 1. The Balaban J connectivity index is 2.58. The SMILES string of the molecule is CCOC(=O)C[C@@H](c1cnn(C)c1C)c1oc(CO)cc(=O)c1O. The molecule has 0 aliphatic rings. The van der Waals surface area contributed by atoms with Crippen molar-refractivity contribution >= 4 is 5.97 Å². The van der Waals surface area contributed by atoms with Crippen molar-refractivity contribution in [3.05, 3.63) is 45.3 Å². The second kappa shape index (κ2) is 7.31. The van der Waals surface area contributed by atoms with Crippen LogP contribution in [0.2, 0.25) is 0 Å². The fourth-order valence-corrected chi connectivity index (χ4v) is 2.46. The van der Waals surface area contributed by atoms with Gasteiger partial charge in [0.1, 0.15) is 12.4 Å². The van der Waals surface area contributed by atoms with E-state index < -0.39 is 29.7 Å².